The van der Waals surface area contributed by atoms with Crippen molar-refractivity contribution in [2.75, 3.05) is 33.4 Å². The van der Waals surface area contributed by atoms with E-state index in [0.29, 0.717) is 0 Å². The van der Waals surface area contributed by atoms with Crippen molar-refractivity contribution in [1.29, 1.82) is 0 Å². The Kier molecular flexibility index (Phi) is 14.8. The molecule has 1 aliphatic rings. The second kappa shape index (κ2) is 17.0. The lowest BCUT2D eigenvalue weighted by molar-refractivity contribution is -0.0979. The summed E-state index contributed by atoms with van der Waals surface area (Å²) in [6.45, 7) is 13.4. The minimum atomic E-state index is 0.123. The maximum absolute atomic E-state index is 12.1. The Bertz CT molecular complexity index is 1020. The smallest absolute Gasteiger partial charge is 0.192 e. The van der Waals surface area contributed by atoms with Crippen molar-refractivity contribution in [2.24, 2.45) is 0 Å². The van der Waals surface area contributed by atoms with Gasteiger partial charge in [-0.25, -0.2) is 0 Å². The number of benzene rings is 2. The molecule has 3 aromatic rings. The van der Waals surface area contributed by atoms with Gasteiger partial charge in [0.25, 0.3) is 0 Å². The number of carbonyl (C=O) groups is 1. The first kappa shape index (κ1) is 29.5. The summed E-state index contributed by atoms with van der Waals surface area (Å²) in [5, 5.41) is 4.64. The molecule has 7 heteroatoms. The number of H-pyrrole nitrogens is 1. The fourth-order valence-corrected chi connectivity index (χ4v) is 3.42. The molecule has 0 bridgehead atoms. The van der Waals surface area contributed by atoms with Crippen molar-refractivity contribution in [1.82, 2.24) is 15.2 Å². The van der Waals surface area contributed by atoms with Gasteiger partial charge in [0.1, 0.15) is 6.79 Å². The summed E-state index contributed by atoms with van der Waals surface area (Å²) < 4.78 is 5.35. The summed E-state index contributed by atoms with van der Waals surface area (Å²) in [6.07, 6.45) is 3.02. The van der Waals surface area contributed by atoms with Crippen molar-refractivity contribution in [3.05, 3.63) is 80.6 Å². The van der Waals surface area contributed by atoms with Crippen LogP contribution in [-0.2, 0) is 22.6 Å². The zero-order valence-corrected chi connectivity index (χ0v) is 21.6. The molecule has 1 fully saturated rings. The van der Waals surface area contributed by atoms with E-state index >= 15 is 0 Å². The lowest BCUT2D eigenvalue weighted by Gasteiger charge is -2.26. The molecule has 1 aliphatic heterocycles. The Balaban J connectivity index is 0.000000325. The normalized spacial score (nSPS) is 13.0. The van der Waals surface area contributed by atoms with E-state index in [2.05, 4.69) is 35.1 Å². The topological polar surface area (TPSA) is 74.4 Å². The number of aromatic nitrogens is 1. The zero-order valence-electron chi connectivity index (χ0n) is 20.8. The van der Waals surface area contributed by atoms with Crippen LogP contribution in [0.5, 0.6) is 0 Å². The number of ether oxygens (including phenoxy) is 1. The van der Waals surface area contributed by atoms with Gasteiger partial charge in [-0.3, -0.25) is 9.69 Å². The van der Waals surface area contributed by atoms with Crippen molar-refractivity contribution in [3.63, 3.8) is 0 Å². The highest BCUT2D eigenvalue weighted by atomic mass is 35.5. The fraction of sp³-hybridized carbons (Fsp3) is 0.407. The van der Waals surface area contributed by atoms with E-state index in [1.807, 2.05) is 57.2 Å². The highest BCUT2D eigenvalue weighted by Gasteiger charge is 2.11. The van der Waals surface area contributed by atoms with E-state index in [4.69, 9.17) is 21.1 Å². The van der Waals surface area contributed by atoms with Crippen LogP contribution in [0.2, 0.25) is 5.02 Å². The van der Waals surface area contributed by atoms with Crippen LogP contribution in [0.3, 0.4) is 0 Å². The molecule has 6 nitrogen and oxygen atoms in total. The molecule has 0 amide bonds. The summed E-state index contributed by atoms with van der Waals surface area (Å²) in [6, 6.07) is 13.9. The number of nitrogens with one attached hydrogen (secondary N) is 2. The fourth-order valence-electron chi connectivity index (χ4n) is 3.29. The third-order valence-electron chi connectivity index (χ3n) is 4.93. The molecule has 2 N–H and O–H groups in total. The van der Waals surface area contributed by atoms with E-state index in [0.717, 1.165) is 60.9 Å². The third-order valence-corrected chi connectivity index (χ3v) is 5.19. The monoisotopic (exact) mass is 487 g/mol. The average Bonchev–Trinajstić information content (AvgIpc) is 2.86. The van der Waals surface area contributed by atoms with Gasteiger partial charge in [0.2, 0.25) is 0 Å². The van der Waals surface area contributed by atoms with Crippen LogP contribution in [0.1, 0.15) is 37.0 Å². The second-order valence-electron chi connectivity index (χ2n) is 7.93. The summed E-state index contributed by atoms with van der Waals surface area (Å²) in [5.41, 5.74) is 4.23. The molecule has 186 valence electrons. The maximum atomic E-state index is 12.1. The van der Waals surface area contributed by atoms with Gasteiger partial charge in [-0.05, 0) is 49.4 Å². The number of halogens is 1. The Morgan fingerprint density at radius 3 is 2.24 bits per heavy atom. The van der Waals surface area contributed by atoms with E-state index in [1.165, 1.54) is 17.5 Å². The van der Waals surface area contributed by atoms with Gasteiger partial charge in [-0.1, -0.05) is 50.1 Å². The van der Waals surface area contributed by atoms with Gasteiger partial charge < -0.3 is 19.8 Å². The summed E-state index contributed by atoms with van der Waals surface area (Å²) in [7, 11) is 1.93. The van der Waals surface area contributed by atoms with Crippen LogP contribution in [-0.4, -0.2) is 50.0 Å². The zero-order chi connectivity index (χ0) is 25.3. The molecule has 0 atom stereocenters. The van der Waals surface area contributed by atoms with E-state index in [-0.39, 0.29) is 5.43 Å². The first-order valence-corrected chi connectivity index (χ1v) is 11.9. The summed E-state index contributed by atoms with van der Waals surface area (Å²) in [4.78, 5) is 25.6. The number of aryl methyl sites for hydroxylation is 1. The lowest BCUT2D eigenvalue weighted by Crippen LogP contribution is -2.35. The van der Waals surface area contributed by atoms with E-state index in [1.54, 1.807) is 6.20 Å². The van der Waals surface area contributed by atoms with Gasteiger partial charge >= 0.3 is 0 Å². The highest BCUT2D eigenvalue weighted by molar-refractivity contribution is 6.30. The van der Waals surface area contributed by atoms with Gasteiger partial charge in [0.05, 0.1) is 13.2 Å². The number of nitrogens with zero attached hydrogens (tertiary/aromatic N) is 1. The minimum absolute atomic E-state index is 0.123. The molecular weight excluding hydrogens is 450 g/mol. The molecule has 0 radical (unpaired) electrons. The second-order valence-corrected chi connectivity index (χ2v) is 8.37. The molecule has 0 aliphatic carbocycles. The Hall–Kier alpha value is -2.51. The van der Waals surface area contributed by atoms with Crippen molar-refractivity contribution in [2.45, 2.75) is 40.3 Å². The Morgan fingerprint density at radius 2 is 1.65 bits per heavy atom. The number of hydrogen-bond donors (Lipinski definition) is 2. The number of fused-ring (bicyclic) bond motifs is 1. The number of hydrogen-bond acceptors (Lipinski definition) is 5. The predicted octanol–water partition coefficient (Wildman–Crippen LogP) is 4.96. The maximum Gasteiger partial charge on any atom is 0.192 e. The minimum Gasteiger partial charge on any atom is -0.379 e. The predicted molar refractivity (Wildman–Crippen MR) is 143 cm³/mol. The number of rotatable bonds is 4. The molecule has 0 saturated carbocycles. The van der Waals surface area contributed by atoms with Gasteiger partial charge in [0, 0.05) is 53.9 Å². The first-order valence-electron chi connectivity index (χ1n) is 11.6. The van der Waals surface area contributed by atoms with E-state index < -0.39 is 0 Å². The third kappa shape index (κ3) is 10.2. The highest BCUT2D eigenvalue weighted by Crippen LogP contribution is 2.14. The Labute approximate surface area is 208 Å². The SMILES string of the molecule is C=O.CCC.CNCc1ccc(Cl)cc1.Cc1c[nH]c2ccc(CN3CCOCC3)cc2c1=O. The van der Waals surface area contributed by atoms with Gasteiger partial charge in [0.15, 0.2) is 5.43 Å². The quantitative estimate of drug-likeness (QED) is 0.544. The van der Waals surface area contributed by atoms with Crippen LogP contribution in [0, 0.1) is 6.92 Å². The van der Waals surface area contributed by atoms with Crippen LogP contribution < -0.4 is 10.7 Å². The number of morpholine rings is 1. The van der Waals surface area contributed by atoms with Crippen molar-refractivity contribution < 1.29 is 9.53 Å². The number of carbonyl (C=O) groups excluding carboxylic acids is 1. The lowest BCUT2D eigenvalue weighted by atomic mass is 10.1. The Morgan fingerprint density at radius 1 is 1.06 bits per heavy atom. The van der Waals surface area contributed by atoms with Gasteiger partial charge in [-0.15, -0.1) is 0 Å². The molecule has 2 heterocycles. The van der Waals surface area contributed by atoms with Crippen molar-refractivity contribution >= 4 is 29.3 Å². The van der Waals surface area contributed by atoms with Crippen LogP contribution in [0.25, 0.3) is 10.9 Å². The molecule has 0 unspecified atom stereocenters. The molecule has 34 heavy (non-hydrogen) atoms. The van der Waals surface area contributed by atoms with Crippen LogP contribution in [0.15, 0.2) is 53.5 Å². The summed E-state index contributed by atoms with van der Waals surface area (Å²) >= 11 is 5.69. The first-order chi connectivity index (χ1) is 16.5. The van der Waals surface area contributed by atoms with Crippen molar-refractivity contribution in [3.8, 4) is 0 Å². The molecule has 1 aromatic heterocycles. The summed E-state index contributed by atoms with van der Waals surface area (Å²) in [5.74, 6) is 0. The number of pyridine rings is 1. The number of aromatic amines is 1. The van der Waals surface area contributed by atoms with Crippen LogP contribution in [0.4, 0.5) is 0 Å². The molecule has 2 aromatic carbocycles. The molecule has 0 spiro atoms. The standard InChI is InChI=1S/C15H18N2O2.C8H10ClN.C3H8.CH2O/c1-11-9-16-14-3-2-12(8-13(14)15(11)18)10-17-4-6-19-7-5-17;1-10-6-7-2-4-8(9)5-3-7;1-3-2;1-2/h2-3,8-9H,4-7,10H2,1H3,(H,16,18);2-5,10H,6H2,1H3;3H2,1-2H3;1H2. The van der Waals surface area contributed by atoms with E-state index in [9.17, 15) is 4.79 Å². The van der Waals surface area contributed by atoms with Gasteiger partial charge in [-0.2, -0.15) is 0 Å². The largest absolute Gasteiger partial charge is 0.379 e. The average molecular weight is 488 g/mol. The van der Waals surface area contributed by atoms with Crippen LogP contribution >= 0.6 is 11.6 Å². The molecular formula is C27H38ClN3O3. The molecule has 4 rings (SSSR count). The molecule has 1 saturated heterocycles.